The van der Waals surface area contributed by atoms with Crippen molar-refractivity contribution in [2.24, 2.45) is 13.0 Å². The summed E-state index contributed by atoms with van der Waals surface area (Å²) in [5.74, 6) is 1.81. The van der Waals surface area contributed by atoms with Gasteiger partial charge in [0.1, 0.15) is 23.8 Å². The SMILES string of the molecule is CB(O)N1CCC(COc2ccc(OCc3ccccc3NC(=O)c3cc4sccc4n3C)cc2)C1. The third-order valence-corrected chi connectivity index (χ3v) is 7.56. The van der Waals surface area contributed by atoms with Gasteiger partial charge in [0, 0.05) is 24.2 Å². The molecule has 2 N–H and O–H groups in total. The highest BCUT2D eigenvalue weighted by Gasteiger charge is 2.27. The molecule has 1 atom stereocenters. The number of nitrogens with zero attached hydrogens (tertiary/aromatic N) is 2. The standard InChI is InChI=1S/C27H30BN3O4S/c1-28(33)31-13-11-19(16-31)17-34-21-7-9-22(10-8-21)35-18-20-5-3-4-6-23(20)29-27(32)25-15-26-24(30(25)2)12-14-36-26/h3-10,12,14-15,19,33H,11,13,16-18H2,1-2H3,(H,29,32). The van der Waals surface area contributed by atoms with E-state index in [4.69, 9.17) is 9.47 Å². The quantitative estimate of drug-likeness (QED) is 0.319. The molecule has 2 aromatic carbocycles. The summed E-state index contributed by atoms with van der Waals surface area (Å²) in [5, 5.41) is 14.8. The van der Waals surface area contributed by atoms with Gasteiger partial charge in [-0.3, -0.25) is 4.79 Å². The molecule has 1 amide bonds. The lowest BCUT2D eigenvalue weighted by Crippen LogP contribution is -2.35. The molecule has 7 nitrogen and oxygen atoms in total. The van der Waals surface area contributed by atoms with Crippen LogP contribution in [-0.2, 0) is 13.7 Å². The van der Waals surface area contributed by atoms with Crippen molar-refractivity contribution in [1.29, 1.82) is 0 Å². The number of aryl methyl sites for hydroxylation is 1. The topological polar surface area (TPSA) is 76.0 Å². The highest BCUT2D eigenvalue weighted by Crippen LogP contribution is 2.26. The Morgan fingerprint density at radius 2 is 1.89 bits per heavy atom. The van der Waals surface area contributed by atoms with Gasteiger partial charge in [0.2, 0.25) is 0 Å². The molecule has 1 saturated heterocycles. The van der Waals surface area contributed by atoms with E-state index in [9.17, 15) is 9.82 Å². The Balaban J connectivity index is 1.16. The average Bonchev–Trinajstić information content (AvgIpc) is 3.61. The van der Waals surface area contributed by atoms with E-state index < -0.39 is 7.05 Å². The monoisotopic (exact) mass is 503 g/mol. The molecule has 4 aromatic rings. The number of hydrogen-bond acceptors (Lipinski definition) is 6. The van der Waals surface area contributed by atoms with E-state index in [-0.39, 0.29) is 5.91 Å². The van der Waals surface area contributed by atoms with Crippen LogP contribution in [0.2, 0.25) is 6.82 Å². The molecule has 5 rings (SSSR count). The number of fused-ring (bicyclic) bond motifs is 1. The zero-order valence-corrected chi connectivity index (χ0v) is 21.3. The van der Waals surface area contributed by atoms with E-state index in [1.165, 1.54) is 0 Å². The van der Waals surface area contributed by atoms with Gasteiger partial charge in [0.25, 0.3) is 5.91 Å². The molecule has 0 spiro atoms. The summed E-state index contributed by atoms with van der Waals surface area (Å²) in [5.41, 5.74) is 3.31. The molecule has 1 aliphatic rings. The highest BCUT2D eigenvalue weighted by molar-refractivity contribution is 7.17. The maximum absolute atomic E-state index is 13.0. The predicted octanol–water partition coefficient (Wildman–Crippen LogP) is 4.88. The van der Waals surface area contributed by atoms with E-state index in [1.54, 1.807) is 18.2 Å². The molecule has 3 heterocycles. The third-order valence-electron chi connectivity index (χ3n) is 6.71. The van der Waals surface area contributed by atoms with Gasteiger partial charge in [0.05, 0.1) is 16.8 Å². The number of hydrogen-bond donors (Lipinski definition) is 2. The molecule has 9 heteroatoms. The van der Waals surface area contributed by atoms with Gasteiger partial charge in [-0.05, 0) is 74.2 Å². The van der Waals surface area contributed by atoms with Gasteiger partial charge in [-0.25, -0.2) is 0 Å². The molecule has 2 aromatic heterocycles. The molecule has 0 bridgehead atoms. The first-order valence-electron chi connectivity index (χ1n) is 12.2. The Kier molecular flexibility index (Phi) is 7.32. The van der Waals surface area contributed by atoms with E-state index in [1.807, 2.05) is 77.7 Å². The van der Waals surface area contributed by atoms with Crippen molar-refractivity contribution in [2.75, 3.05) is 25.0 Å². The van der Waals surface area contributed by atoms with Crippen LogP contribution in [0.15, 0.2) is 66.0 Å². The van der Waals surface area contributed by atoms with Crippen LogP contribution >= 0.6 is 11.3 Å². The van der Waals surface area contributed by atoms with E-state index in [0.29, 0.717) is 24.8 Å². The van der Waals surface area contributed by atoms with Gasteiger partial charge < -0.3 is 29.2 Å². The molecular weight excluding hydrogens is 473 g/mol. The number of carbonyl (C=O) groups excluding carboxylic acids is 1. The number of ether oxygens (including phenoxy) is 2. The fourth-order valence-corrected chi connectivity index (χ4v) is 5.42. The summed E-state index contributed by atoms with van der Waals surface area (Å²) in [6.07, 6.45) is 1.03. The second-order valence-electron chi connectivity index (χ2n) is 9.22. The van der Waals surface area contributed by atoms with Crippen LogP contribution in [0.25, 0.3) is 10.2 Å². The third kappa shape index (κ3) is 5.43. The minimum Gasteiger partial charge on any atom is -0.493 e. The molecule has 36 heavy (non-hydrogen) atoms. The molecule has 1 unspecified atom stereocenters. The van der Waals surface area contributed by atoms with Crippen LogP contribution in [0.5, 0.6) is 11.5 Å². The lowest BCUT2D eigenvalue weighted by atomic mass is 9.86. The second kappa shape index (κ2) is 10.8. The number of para-hydroxylation sites is 1. The van der Waals surface area contributed by atoms with Crippen LogP contribution in [0, 0.1) is 5.92 Å². The smallest absolute Gasteiger partial charge is 0.376 e. The van der Waals surface area contributed by atoms with Crippen LogP contribution < -0.4 is 14.8 Å². The summed E-state index contributed by atoms with van der Waals surface area (Å²) < 4.78 is 15.0. The van der Waals surface area contributed by atoms with Crippen molar-refractivity contribution < 1.29 is 19.3 Å². The van der Waals surface area contributed by atoms with Crippen molar-refractivity contribution >= 4 is 40.2 Å². The van der Waals surface area contributed by atoms with Crippen LogP contribution in [0.3, 0.4) is 0 Å². The minimum absolute atomic E-state index is 0.145. The zero-order valence-electron chi connectivity index (χ0n) is 20.5. The summed E-state index contributed by atoms with van der Waals surface area (Å²) >= 11 is 1.63. The van der Waals surface area contributed by atoms with Gasteiger partial charge in [-0.15, -0.1) is 11.3 Å². The Hall–Kier alpha value is -3.27. The van der Waals surface area contributed by atoms with Crippen molar-refractivity contribution in [1.82, 2.24) is 9.38 Å². The summed E-state index contributed by atoms with van der Waals surface area (Å²) in [7, 11) is 1.50. The first-order valence-corrected chi connectivity index (χ1v) is 13.1. The van der Waals surface area contributed by atoms with Crippen LogP contribution in [-0.4, -0.2) is 47.1 Å². The lowest BCUT2D eigenvalue weighted by Gasteiger charge is -2.16. The summed E-state index contributed by atoms with van der Waals surface area (Å²) in [4.78, 5) is 15.0. The number of anilines is 1. The van der Waals surface area contributed by atoms with E-state index in [2.05, 4.69) is 10.1 Å². The number of aromatic nitrogens is 1. The van der Waals surface area contributed by atoms with E-state index in [0.717, 1.165) is 52.5 Å². The summed E-state index contributed by atoms with van der Waals surface area (Å²) in [6, 6.07) is 19.2. The molecule has 0 radical (unpaired) electrons. The Labute approximate surface area is 215 Å². The molecule has 186 valence electrons. The number of benzene rings is 2. The predicted molar refractivity (Wildman–Crippen MR) is 145 cm³/mol. The van der Waals surface area contributed by atoms with Gasteiger partial charge in [0.15, 0.2) is 0 Å². The number of carbonyl (C=O) groups is 1. The first kappa shape index (κ1) is 24.4. The number of amides is 1. The fraction of sp³-hybridized carbons (Fsp3) is 0.296. The van der Waals surface area contributed by atoms with Crippen molar-refractivity contribution in [2.45, 2.75) is 19.9 Å². The maximum Gasteiger partial charge on any atom is 0.376 e. The first-order chi connectivity index (χ1) is 17.5. The molecule has 0 aliphatic carbocycles. The number of rotatable bonds is 9. The molecule has 1 aliphatic heterocycles. The second-order valence-corrected chi connectivity index (χ2v) is 10.2. The van der Waals surface area contributed by atoms with Crippen LogP contribution in [0.1, 0.15) is 22.5 Å². The minimum atomic E-state index is -0.403. The molecule has 1 fully saturated rings. The Morgan fingerprint density at radius 1 is 1.14 bits per heavy atom. The van der Waals surface area contributed by atoms with Crippen molar-refractivity contribution in [3.63, 3.8) is 0 Å². The van der Waals surface area contributed by atoms with E-state index >= 15 is 0 Å². The van der Waals surface area contributed by atoms with Gasteiger partial charge >= 0.3 is 7.05 Å². The molecular formula is C27H30BN3O4S. The maximum atomic E-state index is 13.0. The molecule has 0 saturated carbocycles. The average molecular weight is 503 g/mol. The highest BCUT2D eigenvalue weighted by atomic mass is 32.1. The van der Waals surface area contributed by atoms with Crippen LogP contribution in [0.4, 0.5) is 5.69 Å². The lowest BCUT2D eigenvalue weighted by molar-refractivity contribution is 0.101. The fourth-order valence-electron chi connectivity index (χ4n) is 4.57. The zero-order chi connectivity index (χ0) is 25.1. The number of thiophene rings is 1. The summed E-state index contributed by atoms with van der Waals surface area (Å²) in [6.45, 7) is 4.53. The Bertz CT molecular complexity index is 1330. The number of nitrogens with one attached hydrogen (secondary N) is 1. The normalized spacial score (nSPS) is 15.8. The van der Waals surface area contributed by atoms with Crippen molar-refractivity contribution in [3.8, 4) is 11.5 Å². The Morgan fingerprint density at radius 3 is 2.61 bits per heavy atom. The van der Waals surface area contributed by atoms with Gasteiger partial charge in [-0.2, -0.15) is 0 Å². The largest absolute Gasteiger partial charge is 0.493 e. The van der Waals surface area contributed by atoms with Gasteiger partial charge in [-0.1, -0.05) is 18.2 Å². The van der Waals surface area contributed by atoms with Crippen molar-refractivity contribution in [3.05, 3.63) is 77.3 Å².